The maximum absolute atomic E-state index is 14.7. The Bertz CT molecular complexity index is 1210. The summed E-state index contributed by atoms with van der Waals surface area (Å²) in [7, 11) is 1.98. The number of fused-ring (bicyclic) bond motifs is 1. The highest BCUT2D eigenvalue weighted by Crippen LogP contribution is 2.34. The average molecular weight is 457 g/mol. The molecule has 1 amide bonds. The van der Waals surface area contributed by atoms with Crippen LogP contribution in [-0.2, 0) is 18.9 Å². The number of nitrogens with one attached hydrogen (secondary N) is 2. The molecule has 0 saturated carbocycles. The zero-order chi connectivity index (χ0) is 23.8. The van der Waals surface area contributed by atoms with Crippen LogP contribution in [0.5, 0.6) is 0 Å². The zero-order valence-corrected chi connectivity index (χ0v) is 18.0. The smallest absolute Gasteiger partial charge is 0.273 e. The largest absolute Gasteiger partial charge is 0.364 e. The third-order valence-corrected chi connectivity index (χ3v) is 5.31. The molecule has 0 spiro atoms. The summed E-state index contributed by atoms with van der Waals surface area (Å²) in [6.07, 6.45) is 0.740. The third kappa shape index (κ3) is 4.87. The monoisotopic (exact) mass is 457 g/mol. The molecular weight excluding hydrogens is 435 g/mol. The van der Waals surface area contributed by atoms with Crippen LogP contribution in [0.2, 0.25) is 0 Å². The number of carbonyl (C=O) groups excluding carboxylic acids is 1. The number of carbonyl (C=O) groups is 1. The number of primary amides is 1. The topological polar surface area (TPSA) is 109 Å². The molecule has 4 rings (SSSR count). The minimum absolute atomic E-state index is 0.0157. The second-order valence-electron chi connectivity index (χ2n) is 7.97. The van der Waals surface area contributed by atoms with Crippen molar-refractivity contribution < 1.29 is 18.0 Å². The minimum Gasteiger partial charge on any atom is -0.364 e. The normalized spacial score (nSPS) is 14.0. The van der Waals surface area contributed by atoms with Gasteiger partial charge in [-0.15, -0.1) is 10.2 Å². The van der Waals surface area contributed by atoms with Crippen molar-refractivity contribution in [2.45, 2.75) is 25.8 Å². The highest BCUT2D eigenvalue weighted by molar-refractivity contribution is 5.96. The second-order valence-corrected chi connectivity index (χ2v) is 7.97. The maximum Gasteiger partial charge on any atom is 0.273 e. The van der Waals surface area contributed by atoms with Gasteiger partial charge in [0.05, 0.1) is 5.69 Å². The molecule has 8 nitrogen and oxygen atoms in total. The van der Waals surface area contributed by atoms with E-state index >= 15 is 0 Å². The first-order valence-corrected chi connectivity index (χ1v) is 10.2. The molecule has 1 aliphatic rings. The number of hydrogen-bond acceptors (Lipinski definition) is 7. The number of hydrogen-bond donors (Lipinski definition) is 3. The Balaban J connectivity index is 1.69. The fraction of sp³-hybridized carbons (Fsp3) is 0.273. The second kappa shape index (κ2) is 8.66. The molecule has 3 aromatic rings. The lowest BCUT2D eigenvalue weighted by Crippen LogP contribution is -2.26. The summed E-state index contributed by atoms with van der Waals surface area (Å²) in [4.78, 5) is 18.1. The van der Waals surface area contributed by atoms with Crippen LogP contribution in [-0.4, -0.2) is 39.6 Å². The van der Waals surface area contributed by atoms with Crippen LogP contribution in [0, 0.1) is 5.82 Å². The van der Waals surface area contributed by atoms with Crippen molar-refractivity contribution in [3.63, 3.8) is 0 Å². The summed E-state index contributed by atoms with van der Waals surface area (Å²) in [5.74, 6) is -4.92. The fourth-order valence-corrected chi connectivity index (χ4v) is 3.67. The summed E-state index contributed by atoms with van der Waals surface area (Å²) in [5, 5.41) is 13.0. The Labute approximate surface area is 188 Å². The van der Waals surface area contributed by atoms with Crippen LogP contribution >= 0.6 is 0 Å². The summed E-state index contributed by atoms with van der Waals surface area (Å²) in [6.45, 7) is 2.26. The Kier molecular flexibility index (Phi) is 5.90. The van der Waals surface area contributed by atoms with Gasteiger partial charge < -0.3 is 21.3 Å². The molecule has 0 unspecified atom stereocenters. The number of alkyl halides is 2. The molecule has 0 saturated heterocycles. The number of anilines is 4. The number of nitrogens with zero attached hydrogens (tertiary/aromatic N) is 4. The molecule has 0 fully saturated rings. The minimum atomic E-state index is -3.16. The van der Waals surface area contributed by atoms with Gasteiger partial charge in [0.2, 0.25) is 5.95 Å². The van der Waals surface area contributed by atoms with Gasteiger partial charge in [0.15, 0.2) is 11.5 Å². The molecule has 0 aliphatic carbocycles. The van der Waals surface area contributed by atoms with Gasteiger partial charge >= 0.3 is 0 Å². The third-order valence-electron chi connectivity index (χ3n) is 5.31. The molecule has 0 bridgehead atoms. The van der Waals surface area contributed by atoms with Crippen molar-refractivity contribution in [3.8, 4) is 0 Å². The molecule has 4 N–H and O–H groups in total. The van der Waals surface area contributed by atoms with Crippen molar-refractivity contribution in [3.05, 3.63) is 64.6 Å². The standard InChI is InChI=1S/C22H22F3N7O/c1-22(24,25)14-5-3-4-6-16(14)27-20-18(19(26)33)30-31-21(29-20)28-17-10-13-11-32(2)8-7-12(13)9-15(17)23/h3-6,9-10H,7-8,11H2,1-2H3,(H2,26,33)(H2,27,28,29,31). The van der Waals surface area contributed by atoms with E-state index in [0.29, 0.717) is 6.54 Å². The average Bonchev–Trinajstić information content (AvgIpc) is 2.74. The highest BCUT2D eigenvalue weighted by atomic mass is 19.3. The van der Waals surface area contributed by atoms with Crippen LogP contribution in [0.3, 0.4) is 0 Å². The van der Waals surface area contributed by atoms with Crippen molar-refractivity contribution in [1.29, 1.82) is 0 Å². The van der Waals surface area contributed by atoms with E-state index < -0.39 is 17.6 Å². The van der Waals surface area contributed by atoms with E-state index in [0.717, 1.165) is 31.0 Å². The van der Waals surface area contributed by atoms with Gasteiger partial charge in [0.1, 0.15) is 5.82 Å². The molecule has 1 aromatic heterocycles. The van der Waals surface area contributed by atoms with Gasteiger partial charge in [0, 0.05) is 31.3 Å². The summed E-state index contributed by atoms with van der Waals surface area (Å²) >= 11 is 0. The zero-order valence-electron chi connectivity index (χ0n) is 18.0. The Hall–Kier alpha value is -3.73. The highest BCUT2D eigenvalue weighted by Gasteiger charge is 2.28. The number of amides is 1. The van der Waals surface area contributed by atoms with E-state index in [1.165, 1.54) is 24.3 Å². The molecular formula is C22H22F3N7O. The Morgan fingerprint density at radius 2 is 1.88 bits per heavy atom. The van der Waals surface area contributed by atoms with E-state index in [9.17, 15) is 18.0 Å². The van der Waals surface area contributed by atoms with Crippen LogP contribution in [0.1, 0.15) is 34.1 Å². The lowest BCUT2D eigenvalue weighted by atomic mass is 9.99. The fourth-order valence-electron chi connectivity index (χ4n) is 3.67. The van der Waals surface area contributed by atoms with Gasteiger partial charge in [-0.05, 0) is 42.8 Å². The number of benzene rings is 2. The van der Waals surface area contributed by atoms with Crippen molar-refractivity contribution >= 4 is 29.0 Å². The van der Waals surface area contributed by atoms with E-state index in [2.05, 4.69) is 30.7 Å². The summed E-state index contributed by atoms with van der Waals surface area (Å²) in [5.41, 5.74) is 6.74. The van der Waals surface area contributed by atoms with E-state index in [-0.39, 0.29) is 34.4 Å². The molecule has 1 aliphatic heterocycles. The van der Waals surface area contributed by atoms with Crippen molar-refractivity contribution in [2.24, 2.45) is 5.73 Å². The Morgan fingerprint density at radius 1 is 1.12 bits per heavy atom. The first-order chi connectivity index (χ1) is 15.6. The number of rotatable bonds is 6. The number of para-hydroxylation sites is 1. The number of nitrogens with two attached hydrogens (primary N) is 1. The molecule has 11 heteroatoms. The van der Waals surface area contributed by atoms with Gasteiger partial charge in [-0.2, -0.15) is 4.98 Å². The van der Waals surface area contributed by atoms with Crippen LogP contribution in [0.15, 0.2) is 36.4 Å². The van der Waals surface area contributed by atoms with E-state index in [1.54, 1.807) is 12.1 Å². The lowest BCUT2D eigenvalue weighted by molar-refractivity contribution is 0.0183. The predicted molar refractivity (Wildman–Crippen MR) is 117 cm³/mol. The SMILES string of the molecule is CN1CCc2cc(F)c(Nc3nnc(C(N)=O)c(Nc4ccccc4C(C)(F)F)n3)cc2C1. The number of aromatic nitrogens is 3. The summed E-state index contributed by atoms with van der Waals surface area (Å²) < 4.78 is 42.7. The quantitative estimate of drug-likeness (QED) is 0.518. The molecule has 172 valence electrons. The number of halogens is 3. The maximum atomic E-state index is 14.7. The molecule has 33 heavy (non-hydrogen) atoms. The van der Waals surface area contributed by atoms with Gasteiger partial charge in [-0.3, -0.25) is 4.79 Å². The van der Waals surface area contributed by atoms with Crippen molar-refractivity contribution in [1.82, 2.24) is 20.1 Å². The van der Waals surface area contributed by atoms with Crippen LogP contribution < -0.4 is 16.4 Å². The van der Waals surface area contributed by atoms with Crippen LogP contribution in [0.25, 0.3) is 0 Å². The molecule has 0 atom stereocenters. The first kappa shape index (κ1) is 22.5. The first-order valence-electron chi connectivity index (χ1n) is 10.2. The molecule has 2 heterocycles. The molecule has 0 radical (unpaired) electrons. The van der Waals surface area contributed by atoms with E-state index in [4.69, 9.17) is 5.73 Å². The number of likely N-dealkylation sites (N-methyl/N-ethyl adjacent to an activating group) is 1. The predicted octanol–water partition coefficient (Wildman–Crippen LogP) is 3.70. The van der Waals surface area contributed by atoms with Gasteiger partial charge in [-0.1, -0.05) is 18.2 Å². The van der Waals surface area contributed by atoms with Crippen molar-refractivity contribution in [2.75, 3.05) is 24.2 Å². The van der Waals surface area contributed by atoms with Gasteiger partial charge in [-0.25, -0.2) is 13.2 Å². The van der Waals surface area contributed by atoms with Gasteiger partial charge in [0.25, 0.3) is 11.8 Å². The lowest BCUT2D eigenvalue weighted by Gasteiger charge is -2.25. The van der Waals surface area contributed by atoms with E-state index in [1.807, 2.05) is 7.05 Å². The summed E-state index contributed by atoms with van der Waals surface area (Å²) in [6, 6.07) is 8.81. The molecule has 2 aromatic carbocycles. The van der Waals surface area contributed by atoms with Crippen LogP contribution in [0.4, 0.5) is 36.3 Å². The Morgan fingerprint density at radius 3 is 2.61 bits per heavy atom.